The van der Waals surface area contributed by atoms with Gasteiger partial charge in [0.25, 0.3) is 0 Å². The van der Waals surface area contributed by atoms with Gasteiger partial charge in [-0.2, -0.15) is 0 Å². The fourth-order valence-electron chi connectivity index (χ4n) is 1.23. The minimum atomic E-state index is -0.832. The van der Waals surface area contributed by atoms with E-state index in [-0.39, 0.29) is 12.2 Å². The van der Waals surface area contributed by atoms with Crippen LogP contribution in [0, 0.1) is 12.7 Å². The average Bonchev–Trinajstić information content (AvgIpc) is 2.14. The Bertz CT molecular complexity index is 352. The highest BCUT2D eigenvalue weighted by Gasteiger charge is 2.01. The third kappa shape index (κ3) is 3.97. The summed E-state index contributed by atoms with van der Waals surface area (Å²) in [5.41, 5.74) is 1.29. The summed E-state index contributed by atoms with van der Waals surface area (Å²) in [6.45, 7) is 2.28. The van der Waals surface area contributed by atoms with Crippen LogP contribution < -0.4 is 5.32 Å². The maximum Gasteiger partial charge on any atom is 0.303 e. The summed E-state index contributed by atoms with van der Waals surface area (Å²) >= 11 is 0. The summed E-state index contributed by atoms with van der Waals surface area (Å²) in [6, 6.07) is 4.91. The summed E-state index contributed by atoms with van der Waals surface area (Å²) in [5, 5.41) is 11.3. The SMILES string of the molecule is Cc1ccc(NCCCC(=O)O)c(F)c1. The molecule has 0 spiro atoms. The largest absolute Gasteiger partial charge is 0.481 e. The highest BCUT2D eigenvalue weighted by atomic mass is 19.1. The van der Waals surface area contributed by atoms with Crippen molar-refractivity contribution < 1.29 is 14.3 Å². The van der Waals surface area contributed by atoms with Crippen LogP contribution in [0.25, 0.3) is 0 Å². The minimum Gasteiger partial charge on any atom is -0.481 e. The van der Waals surface area contributed by atoms with Crippen LogP contribution in [-0.2, 0) is 4.79 Å². The summed E-state index contributed by atoms with van der Waals surface area (Å²) in [5.74, 6) is -1.13. The number of carboxylic acids is 1. The van der Waals surface area contributed by atoms with Crippen molar-refractivity contribution in [3.05, 3.63) is 29.6 Å². The van der Waals surface area contributed by atoms with Gasteiger partial charge in [0.2, 0.25) is 0 Å². The average molecular weight is 211 g/mol. The molecule has 0 bridgehead atoms. The summed E-state index contributed by atoms with van der Waals surface area (Å²) in [4.78, 5) is 10.2. The summed E-state index contributed by atoms with van der Waals surface area (Å²) in [7, 11) is 0. The van der Waals surface area contributed by atoms with Gasteiger partial charge in [-0.1, -0.05) is 6.07 Å². The predicted octanol–water partition coefficient (Wildman–Crippen LogP) is 2.41. The molecule has 15 heavy (non-hydrogen) atoms. The molecule has 0 aliphatic rings. The zero-order valence-corrected chi connectivity index (χ0v) is 8.59. The molecule has 0 saturated carbocycles. The fourth-order valence-corrected chi connectivity index (χ4v) is 1.23. The van der Waals surface area contributed by atoms with Crippen LogP contribution in [0.4, 0.5) is 10.1 Å². The molecule has 0 aliphatic carbocycles. The van der Waals surface area contributed by atoms with Crippen molar-refractivity contribution in [2.24, 2.45) is 0 Å². The van der Waals surface area contributed by atoms with Crippen LogP contribution in [0.15, 0.2) is 18.2 Å². The zero-order chi connectivity index (χ0) is 11.3. The number of hydrogen-bond donors (Lipinski definition) is 2. The van der Waals surface area contributed by atoms with E-state index in [9.17, 15) is 9.18 Å². The molecule has 3 nitrogen and oxygen atoms in total. The molecule has 4 heteroatoms. The molecule has 0 radical (unpaired) electrons. The number of carbonyl (C=O) groups is 1. The molecule has 2 N–H and O–H groups in total. The lowest BCUT2D eigenvalue weighted by atomic mass is 10.2. The molecule has 0 fully saturated rings. The molecular weight excluding hydrogens is 197 g/mol. The molecule has 1 rings (SSSR count). The van der Waals surface area contributed by atoms with E-state index >= 15 is 0 Å². The Morgan fingerprint density at radius 1 is 1.53 bits per heavy atom. The Hall–Kier alpha value is -1.58. The van der Waals surface area contributed by atoms with Gasteiger partial charge in [0.1, 0.15) is 5.82 Å². The first-order valence-electron chi connectivity index (χ1n) is 4.81. The van der Waals surface area contributed by atoms with Gasteiger partial charge in [0, 0.05) is 13.0 Å². The van der Waals surface area contributed by atoms with E-state index in [4.69, 9.17) is 5.11 Å². The lowest BCUT2D eigenvalue weighted by Crippen LogP contribution is -2.06. The molecule has 82 valence electrons. The standard InChI is InChI=1S/C11H14FNO2/c1-8-4-5-10(9(12)7-8)13-6-2-3-11(14)15/h4-5,7,13H,2-3,6H2,1H3,(H,14,15). The second-order valence-corrected chi connectivity index (χ2v) is 3.41. The summed E-state index contributed by atoms with van der Waals surface area (Å²) in [6.07, 6.45) is 0.586. The molecule has 0 aromatic heterocycles. The van der Waals surface area contributed by atoms with Gasteiger partial charge in [0.15, 0.2) is 0 Å². The molecule has 1 aromatic carbocycles. The number of carboxylic acid groups (broad SMARTS) is 1. The number of halogens is 1. The van der Waals surface area contributed by atoms with E-state index in [0.29, 0.717) is 18.7 Å². The van der Waals surface area contributed by atoms with Crippen LogP contribution in [0.5, 0.6) is 0 Å². The fraction of sp³-hybridized carbons (Fsp3) is 0.364. The summed E-state index contributed by atoms with van der Waals surface area (Å²) < 4.78 is 13.3. The van der Waals surface area contributed by atoms with Crippen molar-refractivity contribution in [2.75, 3.05) is 11.9 Å². The molecule has 1 aromatic rings. The maximum atomic E-state index is 13.3. The molecule has 0 aliphatic heterocycles. The van der Waals surface area contributed by atoms with Gasteiger partial charge in [-0.15, -0.1) is 0 Å². The zero-order valence-electron chi connectivity index (χ0n) is 8.59. The lowest BCUT2D eigenvalue weighted by molar-refractivity contribution is -0.137. The molecule has 0 atom stereocenters. The quantitative estimate of drug-likeness (QED) is 0.735. The van der Waals surface area contributed by atoms with E-state index in [1.54, 1.807) is 6.07 Å². The van der Waals surface area contributed by atoms with Crippen molar-refractivity contribution in [2.45, 2.75) is 19.8 Å². The monoisotopic (exact) mass is 211 g/mol. The minimum absolute atomic E-state index is 0.0977. The smallest absolute Gasteiger partial charge is 0.303 e. The Kier molecular flexibility index (Phi) is 4.09. The Labute approximate surface area is 87.9 Å². The van der Waals surface area contributed by atoms with Crippen molar-refractivity contribution in [3.8, 4) is 0 Å². The van der Waals surface area contributed by atoms with Crippen molar-refractivity contribution in [1.82, 2.24) is 0 Å². The molecule has 0 amide bonds. The van der Waals surface area contributed by atoms with Crippen LogP contribution in [0.1, 0.15) is 18.4 Å². The van der Waals surface area contributed by atoms with Crippen molar-refractivity contribution >= 4 is 11.7 Å². The van der Waals surface area contributed by atoms with Gasteiger partial charge in [-0.25, -0.2) is 4.39 Å². The number of hydrogen-bond acceptors (Lipinski definition) is 2. The first-order valence-corrected chi connectivity index (χ1v) is 4.81. The molecular formula is C11H14FNO2. The van der Waals surface area contributed by atoms with E-state index in [2.05, 4.69) is 5.32 Å². The van der Waals surface area contributed by atoms with Crippen molar-refractivity contribution in [3.63, 3.8) is 0 Å². The van der Waals surface area contributed by atoms with Crippen LogP contribution in [0.3, 0.4) is 0 Å². The van der Waals surface area contributed by atoms with Crippen LogP contribution >= 0.6 is 0 Å². The Morgan fingerprint density at radius 3 is 2.87 bits per heavy atom. The topological polar surface area (TPSA) is 49.3 Å². The van der Waals surface area contributed by atoms with E-state index < -0.39 is 5.97 Å². The Balaban J connectivity index is 2.40. The van der Waals surface area contributed by atoms with Crippen LogP contribution in [0.2, 0.25) is 0 Å². The Morgan fingerprint density at radius 2 is 2.27 bits per heavy atom. The maximum absolute atomic E-state index is 13.3. The van der Waals surface area contributed by atoms with Gasteiger partial charge in [0.05, 0.1) is 5.69 Å². The predicted molar refractivity (Wildman–Crippen MR) is 56.5 cm³/mol. The second kappa shape index (κ2) is 5.34. The molecule has 0 unspecified atom stereocenters. The second-order valence-electron chi connectivity index (χ2n) is 3.41. The van der Waals surface area contributed by atoms with E-state index in [0.717, 1.165) is 5.56 Å². The van der Waals surface area contributed by atoms with Gasteiger partial charge >= 0.3 is 5.97 Å². The molecule has 0 saturated heterocycles. The first kappa shape index (κ1) is 11.5. The van der Waals surface area contributed by atoms with E-state index in [1.165, 1.54) is 6.07 Å². The van der Waals surface area contributed by atoms with Crippen LogP contribution in [-0.4, -0.2) is 17.6 Å². The van der Waals surface area contributed by atoms with E-state index in [1.807, 2.05) is 13.0 Å². The highest BCUT2D eigenvalue weighted by Crippen LogP contribution is 2.14. The van der Waals surface area contributed by atoms with Gasteiger partial charge < -0.3 is 10.4 Å². The first-order chi connectivity index (χ1) is 7.09. The van der Waals surface area contributed by atoms with Gasteiger partial charge in [-0.3, -0.25) is 4.79 Å². The number of aryl methyl sites for hydroxylation is 1. The molecule has 0 heterocycles. The highest BCUT2D eigenvalue weighted by molar-refractivity contribution is 5.66. The number of aliphatic carboxylic acids is 1. The number of benzene rings is 1. The third-order valence-corrected chi connectivity index (χ3v) is 2.01. The normalized spacial score (nSPS) is 10.0. The van der Waals surface area contributed by atoms with Crippen molar-refractivity contribution in [1.29, 1.82) is 0 Å². The number of nitrogens with one attached hydrogen (secondary N) is 1. The third-order valence-electron chi connectivity index (χ3n) is 2.01. The number of rotatable bonds is 5. The number of anilines is 1. The van der Waals surface area contributed by atoms with Gasteiger partial charge in [-0.05, 0) is 31.0 Å². The lowest BCUT2D eigenvalue weighted by Gasteiger charge is -2.06.